The van der Waals surface area contributed by atoms with Crippen molar-refractivity contribution in [1.82, 2.24) is 9.80 Å². The van der Waals surface area contributed by atoms with Gasteiger partial charge in [0.1, 0.15) is 0 Å². The van der Waals surface area contributed by atoms with E-state index in [2.05, 4.69) is 64.6 Å². The molecule has 1 aromatic rings. The molecule has 0 aromatic heterocycles. The molecule has 1 aromatic carbocycles. The van der Waals surface area contributed by atoms with Gasteiger partial charge in [-0.1, -0.05) is 59.7 Å². The average molecular weight is 347 g/mol. The monoisotopic (exact) mass is 346 g/mol. The maximum Gasteiger partial charge on any atom is 0.317 e. The van der Waals surface area contributed by atoms with E-state index in [0.29, 0.717) is 0 Å². The Bertz CT molecular complexity index is 571. The second-order valence-electron chi connectivity index (χ2n) is 9.36. The van der Waals surface area contributed by atoms with Crippen LogP contribution in [-0.4, -0.2) is 53.6 Å². The summed E-state index contributed by atoms with van der Waals surface area (Å²) in [7, 11) is 0. The number of hydrogen-bond donors (Lipinski definition) is 1. The number of rotatable bonds is 4. The Kier molecular flexibility index (Phi) is 5.95. The van der Waals surface area contributed by atoms with Crippen molar-refractivity contribution in [2.24, 2.45) is 0 Å². The molecule has 1 aliphatic rings. The van der Waals surface area contributed by atoms with E-state index in [1.165, 1.54) is 16.7 Å². The molecule has 0 aliphatic carbocycles. The van der Waals surface area contributed by atoms with Crippen LogP contribution in [0.5, 0.6) is 0 Å². The Balaban J connectivity index is 2.13. The number of carboxylic acid groups (broad SMARTS) is 1. The summed E-state index contributed by atoms with van der Waals surface area (Å²) in [5.41, 5.74) is 4.41. The fourth-order valence-corrected chi connectivity index (χ4v) is 3.20. The molecule has 0 spiro atoms. The van der Waals surface area contributed by atoms with E-state index in [9.17, 15) is 4.79 Å². The standard InChI is InChI=1S/C21H34N2O2/c1-20(2,3)17-11-16(12-18(13-17)21(4,5)6)14-22-7-9-23(10-8-22)15-19(24)25/h11-13H,7-10,14-15H2,1-6H3,(H,24,25). The first-order valence-corrected chi connectivity index (χ1v) is 9.26. The lowest BCUT2D eigenvalue weighted by Gasteiger charge is -2.34. The molecule has 0 unspecified atom stereocenters. The Labute approximate surface area is 152 Å². The predicted octanol–water partition coefficient (Wildman–Crippen LogP) is 3.48. The molecule has 1 fully saturated rings. The normalized spacial score (nSPS) is 17.7. The fourth-order valence-electron chi connectivity index (χ4n) is 3.20. The number of aliphatic carboxylic acids is 1. The number of benzene rings is 1. The third-order valence-corrected chi connectivity index (χ3v) is 4.95. The van der Waals surface area contributed by atoms with Gasteiger partial charge in [0.25, 0.3) is 0 Å². The smallest absolute Gasteiger partial charge is 0.317 e. The number of carboxylic acids is 1. The van der Waals surface area contributed by atoms with Crippen molar-refractivity contribution in [3.8, 4) is 0 Å². The molecule has 1 aliphatic heterocycles. The van der Waals surface area contributed by atoms with Crippen molar-refractivity contribution in [3.05, 3.63) is 34.9 Å². The molecule has 4 heteroatoms. The van der Waals surface area contributed by atoms with Crippen molar-refractivity contribution >= 4 is 5.97 Å². The zero-order valence-corrected chi connectivity index (χ0v) is 16.7. The number of carbonyl (C=O) groups is 1. The van der Waals surface area contributed by atoms with E-state index in [4.69, 9.17) is 5.11 Å². The SMILES string of the molecule is CC(C)(C)c1cc(CN2CCN(CC(=O)O)CC2)cc(C(C)(C)C)c1. The Hall–Kier alpha value is -1.39. The molecule has 1 N–H and O–H groups in total. The summed E-state index contributed by atoms with van der Waals surface area (Å²) in [6.07, 6.45) is 0. The van der Waals surface area contributed by atoms with Crippen LogP contribution >= 0.6 is 0 Å². The van der Waals surface area contributed by atoms with Gasteiger partial charge in [0.05, 0.1) is 6.54 Å². The molecule has 2 rings (SSSR count). The highest BCUT2D eigenvalue weighted by atomic mass is 16.4. The highest BCUT2D eigenvalue weighted by Gasteiger charge is 2.22. The summed E-state index contributed by atoms with van der Waals surface area (Å²) in [5.74, 6) is -0.735. The third kappa shape index (κ3) is 5.82. The minimum Gasteiger partial charge on any atom is -0.480 e. The maximum atomic E-state index is 10.8. The third-order valence-electron chi connectivity index (χ3n) is 4.95. The van der Waals surface area contributed by atoms with Gasteiger partial charge < -0.3 is 5.11 Å². The Morgan fingerprint density at radius 2 is 1.32 bits per heavy atom. The lowest BCUT2D eigenvalue weighted by molar-refractivity contribution is -0.138. The van der Waals surface area contributed by atoms with Gasteiger partial charge in [-0.2, -0.15) is 0 Å². The van der Waals surface area contributed by atoms with Crippen LogP contribution in [0.2, 0.25) is 0 Å². The van der Waals surface area contributed by atoms with Gasteiger partial charge in [0.2, 0.25) is 0 Å². The van der Waals surface area contributed by atoms with Crippen LogP contribution in [0.25, 0.3) is 0 Å². The molecule has 1 heterocycles. The number of hydrogen-bond acceptors (Lipinski definition) is 3. The Morgan fingerprint density at radius 3 is 1.72 bits per heavy atom. The fraction of sp³-hybridized carbons (Fsp3) is 0.667. The van der Waals surface area contributed by atoms with Crippen LogP contribution in [0.4, 0.5) is 0 Å². The van der Waals surface area contributed by atoms with Gasteiger partial charge in [-0.3, -0.25) is 14.6 Å². The zero-order valence-electron chi connectivity index (χ0n) is 16.7. The molecule has 0 atom stereocenters. The van der Waals surface area contributed by atoms with E-state index in [1.807, 2.05) is 4.90 Å². The minimum absolute atomic E-state index is 0.135. The molecule has 0 saturated carbocycles. The maximum absolute atomic E-state index is 10.8. The molecule has 0 bridgehead atoms. The quantitative estimate of drug-likeness (QED) is 0.906. The molecule has 0 radical (unpaired) electrons. The van der Waals surface area contributed by atoms with Crippen LogP contribution in [0.1, 0.15) is 58.2 Å². The van der Waals surface area contributed by atoms with E-state index in [0.717, 1.165) is 32.7 Å². The van der Waals surface area contributed by atoms with Crippen LogP contribution in [0.15, 0.2) is 18.2 Å². The van der Waals surface area contributed by atoms with Crippen molar-refractivity contribution in [2.45, 2.75) is 58.9 Å². The van der Waals surface area contributed by atoms with Crippen LogP contribution in [0.3, 0.4) is 0 Å². The first-order chi connectivity index (χ1) is 11.4. The summed E-state index contributed by atoms with van der Waals surface area (Å²) in [6, 6.07) is 7.05. The topological polar surface area (TPSA) is 43.8 Å². The van der Waals surface area contributed by atoms with Crippen LogP contribution in [-0.2, 0) is 22.2 Å². The lowest BCUT2D eigenvalue weighted by atomic mass is 9.79. The molecule has 140 valence electrons. The Morgan fingerprint density at radius 1 is 0.880 bits per heavy atom. The van der Waals surface area contributed by atoms with E-state index in [-0.39, 0.29) is 17.4 Å². The summed E-state index contributed by atoms with van der Waals surface area (Å²) < 4.78 is 0. The molecule has 4 nitrogen and oxygen atoms in total. The number of piperazine rings is 1. The molecular formula is C21H34N2O2. The van der Waals surface area contributed by atoms with Gasteiger partial charge in [0, 0.05) is 32.7 Å². The summed E-state index contributed by atoms with van der Waals surface area (Å²) >= 11 is 0. The van der Waals surface area contributed by atoms with Gasteiger partial charge in [-0.05, 0) is 27.5 Å². The van der Waals surface area contributed by atoms with Gasteiger partial charge in [-0.15, -0.1) is 0 Å². The second-order valence-corrected chi connectivity index (χ2v) is 9.36. The molecule has 25 heavy (non-hydrogen) atoms. The van der Waals surface area contributed by atoms with E-state index < -0.39 is 5.97 Å². The van der Waals surface area contributed by atoms with Crippen LogP contribution in [0, 0.1) is 0 Å². The predicted molar refractivity (Wildman–Crippen MR) is 103 cm³/mol. The summed E-state index contributed by atoms with van der Waals surface area (Å²) in [6.45, 7) is 18.2. The summed E-state index contributed by atoms with van der Waals surface area (Å²) in [5, 5.41) is 8.93. The molecular weight excluding hydrogens is 312 g/mol. The van der Waals surface area contributed by atoms with Crippen molar-refractivity contribution in [1.29, 1.82) is 0 Å². The second kappa shape index (κ2) is 7.46. The van der Waals surface area contributed by atoms with Gasteiger partial charge >= 0.3 is 5.97 Å². The zero-order chi connectivity index (χ0) is 18.8. The minimum atomic E-state index is -0.735. The molecule has 0 amide bonds. The van der Waals surface area contributed by atoms with Crippen molar-refractivity contribution in [2.75, 3.05) is 32.7 Å². The van der Waals surface area contributed by atoms with E-state index in [1.54, 1.807) is 0 Å². The largest absolute Gasteiger partial charge is 0.480 e. The van der Waals surface area contributed by atoms with Crippen molar-refractivity contribution in [3.63, 3.8) is 0 Å². The highest BCUT2D eigenvalue weighted by molar-refractivity contribution is 5.69. The number of nitrogens with zero attached hydrogens (tertiary/aromatic N) is 2. The van der Waals surface area contributed by atoms with Gasteiger partial charge in [-0.25, -0.2) is 0 Å². The summed E-state index contributed by atoms with van der Waals surface area (Å²) in [4.78, 5) is 15.3. The van der Waals surface area contributed by atoms with Crippen LogP contribution < -0.4 is 0 Å². The first-order valence-electron chi connectivity index (χ1n) is 9.26. The molecule has 1 saturated heterocycles. The highest BCUT2D eigenvalue weighted by Crippen LogP contribution is 2.30. The first kappa shape index (κ1) is 19.9. The van der Waals surface area contributed by atoms with Gasteiger partial charge in [0.15, 0.2) is 0 Å². The van der Waals surface area contributed by atoms with Crippen molar-refractivity contribution < 1.29 is 9.90 Å². The lowest BCUT2D eigenvalue weighted by Crippen LogP contribution is -2.47. The van der Waals surface area contributed by atoms with E-state index >= 15 is 0 Å². The average Bonchev–Trinajstić information content (AvgIpc) is 2.46.